The van der Waals surface area contributed by atoms with Gasteiger partial charge in [0.1, 0.15) is 17.5 Å². The van der Waals surface area contributed by atoms with Crippen molar-refractivity contribution in [2.45, 2.75) is 13.3 Å². The highest BCUT2D eigenvalue weighted by molar-refractivity contribution is 5.78. The predicted molar refractivity (Wildman–Crippen MR) is 95.5 cm³/mol. The average Bonchev–Trinajstić information content (AvgIpc) is 3.08. The summed E-state index contributed by atoms with van der Waals surface area (Å²) in [5.41, 5.74) is 1.03. The molecule has 0 saturated heterocycles. The first-order chi connectivity index (χ1) is 13.0. The summed E-state index contributed by atoms with van der Waals surface area (Å²) in [6, 6.07) is 8.55. The standard InChI is InChI=1S/C18H18F2N6O/c1-12-6-9-26(25-12)17-5-4-16(23-24-17)21-7-8-22-18(27)10-13-2-3-14(19)11-15(13)20/h2-6,9,11H,7-8,10H2,1H3,(H,21,23)(H,22,27). The van der Waals surface area contributed by atoms with Crippen molar-refractivity contribution < 1.29 is 13.6 Å². The van der Waals surface area contributed by atoms with Crippen molar-refractivity contribution >= 4 is 11.7 Å². The van der Waals surface area contributed by atoms with Gasteiger partial charge in [0.15, 0.2) is 5.82 Å². The van der Waals surface area contributed by atoms with Crippen LogP contribution in [0.1, 0.15) is 11.3 Å². The first-order valence-electron chi connectivity index (χ1n) is 8.32. The molecule has 140 valence electrons. The fraction of sp³-hybridized carbons (Fsp3) is 0.222. The number of aromatic nitrogens is 4. The molecule has 0 atom stereocenters. The van der Waals surface area contributed by atoms with Crippen LogP contribution in [0.2, 0.25) is 0 Å². The van der Waals surface area contributed by atoms with E-state index in [0.29, 0.717) is 24.7 Å². The summed E-state index contributed by atoms with van der Waals surface area (Å²) in [5.74, 6) is -0.593. The molecule has 2 heterocycles. The summed E-state index contributed by atoms with van der Waals surface area (Å²) in [5, 5.41) is 18.1. The molecule has 27 heavy (non-hydrogen) atoms. The number of carbonyl (C=O) groups is 1. The quantitative estimate of drug-likeness (QED) is 0.620. The highest BCUT2D eigenvalue weighted by Gasteiger charge is 2.09. The Morgan fingerprint density at radius 1 is 1.11 bits per heavy atom. The Labute approximate surface area is 154 Å². The number of aryl methyl sites for hydroxylation is 1. The molecule has 3 aromatic rings. The van der Waals surface area contributed by atoms with Gasteiger partial charge in [-0.3, -0.25) is 4.79 Å². The van der Waals surface area contributed by atoms with E-state index in [2.05, 4.69) is 25.9 Å². The molecule has 2 aromatic heterocycles. The number of halogens is 2. The van der Waals surface area contributed by atoms with Gasteiger partial charge in [0, 0.05) is 25.4 Å². The second-order valence-corrected chi connectivity index (χ2v) is 5.87. The predicted octanol–water partition coefficient (Wildman–Crippen LogP) is 2.02. The van der Waals surface area contributed by atoms with E-state index in [1.807, 2.05) is 13.0 Å². The molecule has 1 aromatic carbocycles. The van der Waals surface area contributed by atoms with Crippen LogP contribution in [0.5, 0.6) is 0 Å². The maximum absolute atomic E-state index is 13.5. The molecule has 0 bridgehead atoms. The summed E-state index contributed by atoms with van der Waals surface area (Å²) >= 11 is 0. The molecule has 0 aliphatic heterocycles. The van der Waals surface area contributed by atoms with E-state index in [9.17, 15) is 13.6 Å². The number of nitrogens with one attached hydrogen (secondary N) is 2. The van der Waals surface area contributed by atoms with Crippen LogP contribution in [0.4, 0.5) is 14.6 Å². The number of hydrogen-bond acceptors (Lipinski definition) is 5. The topological polar surface area (TPSA) is 84.7 Å². The normalized spacial score (nSPS) is 10.6. The molecule has 0 aliphatic rings. The Bertz CT molecular complexity index is 926. The van der Waals surface area contributed by atoms with Crippen LogP contribution in [-0.2, 0) is 11.2 Å². The summed E-state index contributed by atoms with van der Waals surface area (Å²) < 4.78 is 28.0. The minimum Gasteiger partial charge on any atom is -0.367 e. The van der Waals surface area contributed by atoms with Crippen LogP contribution in [-0.4, -0.2) is 39.0 Å². The van der Waals surface area contributed by atoms with Crippen molar-refractivity contribution in [1.29, 1.82) is 0 Å². The number of hydrogen-bond donors (Lipinski definition) is 2. The monoisotopic (exact) mass is 372 g/mol. The van der Waals surface area contributed by atoms with Crippen LogP contribution in [0, 0.1) is 18.6 Å². The lowest BCUT2D eigenvalue weighted by molar-refractivity contribution is -0.120. The molecular formula is C18H18F2N6O. The molecule has 0 spiro atoms. The van der Waals surface area contributed by atoms with Gasteiger partial charge in [-0.25, -0.2) is 13.5 Å². The third kappa shape index (κ3) is 5.06. The zero-order valence-corrected chi connectivity index (χ0v) is 14.6. The van der Waals surface area contributed by atoms with Crippen molar-refractivity contribution in [3.8, 4) is 5.82 Å². The first kappa shape index (κ1) is 18.4. The minimum absolute atomic E-state index is 0.149. The summed E-state index contributed by atoms with van der Waals surface area (Å²) in [7, 11) is 0. The lowest BCUT2D eigenvalue weighted by atomic mass is 10.1. The molecular weight excluding hydrogens is 354 g/mol. The van der Waals surface area contributed by atoms with E-state index in [-0.39, 0.29) is 17.9 Å². The van der Waals surface area contributed by atoms with E-state index >= 15 is 0 Å². The maximum atomic E-state index is 13.5. The third-order valence-electron chi connectivity index (χ3n) is 3.73. The highest BCUT2D eigenvalue weighted by atomic mass is 19.1. The number of nitrogens with zero attached hydrogens (tertiary/aromatic N) is 4. The van der Waals surface area contributed by atoms with Gasteiger partial charge in [-0.05, 0) is 36.8 Å². The zero-order chi connectivity index (χ0) is 19.2. The number of anilines is 1. The highest BCUT2D eigenvalue weighted by Crippen LogP contribution is 2.10. The van der Waals surface area contributed by atoms with Crippen molar-refractivity contribution in [3.05, 3.63) is 65.5 Å². The van der Waals surface area contributed by atoms with Gasteiger partial charge in [-0.2, -0.15) is 5.10 Å². The Kier molecular flexibility index (Phi) is 5.70. The second-order valence-electron chi connectivity index (χ2n) is 5.87. The molecule has 0 aliphatic carbocycles. The summed E-state index contributed by atoms with van der Waals surface area (Å²) in [6.07, 6.45) is 1.65. The third-order valence-corrected chi connectivity index (χ3v) is 3.73. The maximum Gasteiger partial charge on any atom is 0.224 e. The molecule has 9 heteroatoms. The molecule has 3 rings (SSSR count). The van der Waals surface area contributed by atoms with Crippen molar-refractivity contribution in [2.24, 2.45) is 0 Å². The van der Waals surface area contributed by atoms with Crippen molar-refractivity contribution in [3.63, 3.8) is 0 Å². The van der Waals surface area contributed by atoms with Gasteiger partial charge >= 0.3 is 0 Å². The van der Waals surface area contributed by atoms with Crippen LogP contribution in [0.3, 0.4) is 0 Å². The molecule has 0 unspecified atom stereocenters. The summed E-state index contributed by atoms with van der Waals surface area (Å²) in [6.45, 7) is 2.63. The van der Waals surface area contributed by atoms with Crippen LogP contribution in [0.25, 0.3) is 5.82 Å². The Morgan fingerprint density at radius 3 is 2.63 bits per heavy atom. The van der Waals surface area contributed by atoms with E-state index in [0.717, 1.165) is 17.8 Å². The van der Waals surface area contributed by atoms with Crippen LogP contribution < -0.4 is 10.6 Å². The van der Waals surface area contributed by atoms with Crippen LogP contribution >= 0.6 is 0 Å². The Hall–Kier alpha value is -3.36. The first-order valence-corrected chi connectivity index (χ1v) is 8.32. The molecule has 7 nitrogen and oxygen atoms in total. The fourth-order valence-electron chi connectivity index (χ4n) is 2.38. The fourth-order valence-corrected chi connectivity index (χ4v) is 2.38. The minimum atomic E-state index is -0.731. The average molecular weight is 372 g/mol. The number of amides is 1. The number of rotatable bonds is 7. The van der Waals surface area contributed by atoms with Gasteiger partial charge in [-0.1, -0.05) is 6.07 Å². The lowest BCUT2D eigenvalue weighted by Crippen LogP contribution is -2.30. The molecule has 0 saturated carbocycles. The molecule has 0 fully saturated rings. The van der Waals surface area contributed by atoms with Gasteiger partial charge in [0.2, 0.25) is 5.91 Å². The smallest absolute Gasteiger partial charge is 0.224 e. The van der Waals surface area contributed by atoms with Crippen molar-refractivity contribution in [1.82, 2.24) is 25.3 Å². The van der Waals surface area contributed by atoms with E-state index < -0.39 is 11.6 Å². The Morgan fingerprint density at radius 2 is 1.96 bits per heavy atom. The molecule has 1 amide bonds. The van der Waals surface area contributed by atoms with Gasteiger partial charge in [0.05, 0.1) is 12.1 Å². The molecule has 2 N–H and O–H groups in total. The molecule has 0 radical (unpaired) electrons. The SMILES string of the molecule is Cc1ccn(-c2ccc(NCCNC(=O)Cc3ccc(F)cc3F)nn2)n1. The number of benzene rings is 1. The number of carbonyl (C=O) groups excluding carboxylic acids is 1. The Balaban J connectivity index is 1.42. The van der Waals surface area contributed by atoms with Crippen LogP contribution in [0.15, 0.2) is 42.6 Å². The summed E-state index contributed by atoms with van der Waals surface area (Å²) in [4.78, 5) is 11.8. The van der Waals surface area contributed by atoms with Gasteiger partial charge in [-0.15, -0.1) is 10.2 Å². The van der Waals surface area contributed by atoms with E-state index in [4.69, 9.17) is 0 Å². The van der Waals surface area contributed by atoms with Gasteiger partial charge < -0.3 is 10.6 Å². The van der Waals surface area contributed by atoms with E-state index in [1.165, 1.54) is 6.07 Å². The largest absolute Gasteiger partial charge is 0.367 e. The van der Waals surface area contributed by atoms with Gasteiger partial charge in [0.25, 0.3) is 0 Å². The van der Waals surface area contributed by atoms with E-state index in [1.54, 1.807) is 23.0 Å². The lowest BCUT2D eigenvalue weighted by Gasteiger charge is -2.08. The van der Waals surface area contributed by atoms with Crippen molar-refractivity contribution in [2.75, 3.05) is 18.4 Å². The second kappa shape index (κ2) is 8.35. The zero-order valence-electron chi connectivity index (χ0n) is 14.6.